The van der Waals surface area contributed by atoms with Crippen LogP contribution in [-0.4, -0.2) is 11.7 Å². The summed E-state index contributed by atoms with van der Waals surface area (Å²) in [5, 5.41) is 8.89. The number of rotatable bonds is 2. The van der Waals surface area contributed by atoms with Gasteiger partial charge in [-0.05, 0) is 30.7 Å². The molecule has 0 radical (unpaired) electrons. The van der Waals surface area contributed by atoms with Gasteiger partial charge in [0.1, 0.15) is 5.75 Å². The van der Waals surface area contributed by atoms with Gasteiger partial charge in [0.2, 0.25) is 0 Å². The van der Waals surface area contributed by atoms with E-state index in [-0.39, 0.29) is 0 Å². The summed E-state index contributed by atoms with van der Waals surface area (Å²) in [6, 6.07) is 7.10. The standard InChI is InChI=1S/C8H11NO.C2H4/c9-6-5-7-1-3-8(10)4-2-7;1-2/h1-4,10H,5-6,9H2;1-2H2. The lowest BCUT2D eigenvalue weighted by Crippen LogP contribution is -2.01. The van der Waals surface area contributed by atoms with Crippen LogP contribution in [0.5, 0.6) is 5.75 Å². The fourth-order valence-corrected chi connectivity index (χ4v) is 0.829. The maximum Gasteiger partial charge on any atom is 0.115 e. The number of hydrogen-bond donors (Lipinski definition) is 2. The summed E-state index contributed by atoms with van der Waals surface area (Å²) in [6.45, 7) is 6.66. The summed E-state index contributed by atoms with van der Waals surface area (Å²) in [4.78, 5) is 0. The molecule has 3 N–H and O–H groups in total. The second-order valence-electron chi connectivity index (χ2n) is 2.21. The van der Waals surface area contributed by atoms with Crippen molar-refractivity contribution < 1.29 is 5.11 Å². The summed E-state index contributed by atoms with van der Waals surface area (Å²) in [6.07, 6.45) is 0.875. The Morgan fingerprint density at radius 1 is 1.17 bits per heavy atom. The molecule has 0 unspecified atom stereocenters. The zero-order valence-electron chi connectivity index (χ0n) is 7.16. The van der Waals surface area contributed by atoms with Crippen molar-refractivity contribution in [1.29, 1.82) is 0 Å². The molecule has 0 aliphatic heterocycles. The monoisotopic (exact) mass is 165 g/mol. The van der Waals surface area contributed by atoms with E-state index in [2.05, 4.69) is 13.2 Å². The highest BCUT2D eigenvalue weighted by Gasteiger charge is 1.89. The molecule has 2 heteroatoms. The molecule has 1 rings (SSSR count). The number of phenols is 1. The third kappa shape index (κ3) is 3.78. The van der Waals surface area contributed by atoms with Crippen molar-refractivity contribution in [1.82, 2.24) is 0 Å². The van der Waals surface area contributed by atoms with E-state index in [1.54, 1.807) is 12.1 Å². The van der Waals surface area contributed by atoms with Gasteiger partial charge >= 0.3 is 0 Å². The molecule has 2 nitrogen and oxygen atoms in total. The lowest BCUT2D eigenvalue weighted by atomic mass is 10.1. The Labute approximate surface area is 73.3 Å². The Hall–Kier alpha value is -1.28. The van der Waals surface area contributed by atoms with Gasteiger partial charge in [-0.25, -0.2) is 0 Å². The van der Waals surface area contributed by atoms with Gasteiger partial charge in [0, 0.05) is 0 Å². The lowest BCUT2D eigenvalue weighted by Gasteiger charge is -1.96. The second-order valence-corrected chi connectivity index (χ2v) is 2.21. The average molecular weight is 165 g/mol. The molecule has 12 heavy (non-hydrogen) atoms. The zero-order chi connectivity index (χ0) is 9.40. The first-order valence-corrected chi connectivity index (χ1v) is 3.81. The third-order valence-corrected chi connectivity index (χ3v) is 1.37. The SMILES string of the molecule is C=C.NCCc1ccc(O)cc1. The lowest BCUT2D eigenvalue weighted by molar-refractivity contribution is 0.475. The molecule has 0 spiro atoms. The molecule has 0 saturated carbocycles. The molecule has 1 aromatic rings. The summed E-state index contributed by atoms with van der Waals surface area (Å²) >= 11 is 0. The van der Waals surface area contributed by atoms with Gasteiger partial charge in [-0.2, -0.15) is 0 Å². The number of phenolic OH excluding ortho intramolecular Hbond substituents is 1. The van der Waals surface area contributed by atoms with E-state index in [9.17, 15) is 0 Å². The van der Waals surface area contributed by atoms with E-state index >= 15 is 0 Å². The molecule has 0 atom stereocenters. The van der Waals surface area contributed by atoms with Crippen LogP contribution >= 0.6 is 0 Å². The first-order chi connectivity index (χ1) is 5.83. The third-order valence-electron chi connectivity index (χ3n) is 1.37. The molecule has 0 saturated heterocycles. The van der Waals surface area contributed by atoms with Crippen molar-refractivity contribution in [2.75, 3.05) is 6.54 Å². The number of hydrogen-bond acceptors (Lipinski definition) is 2. The van der Waals surface area contributed by atoms with Crippen LogP contribution in [-0.2, 0) is 6.42 Å². The van der Waals surface area contributed by atoms with Gasteiger partial charge in [0.05, 0.1) is 0 Å². The van der Waals surface area contributed by atoms with E-state index in [1.165, 1.54) is 5.56 Å². The van der Waals surface area contributed by atoms with Crippen LogP contribution in [0.15, 0.2) is 37.4 Å². The van der Waals surface area contributed by atoms with Crippen LogP contribution in [0.3, 0.4) is 0 Å². The molecule has 0 aliphatic carbocycles. The van der Waals surface area contributed by atoms with Crippen molar-refractivity contribution in [3.63, 3.8) is 0 Å². The first kappa shape index (κ1) is 10.7. The predicted molar refractivity (Wildman–Crippen MR) is 52.1 cm³/mol. The number of benzene rings is 1. The average Bonchev–Trinajstić information content (AvgIpc) is 2.13. The Morgan fingerprint density at radius 3 is 2.08 bits per heavy atom. The van der Waals surface area contributed by atoms with E-state index in [0.717, 1.165) is 6.42 Å². The molecule has 0 heterocycles. The Bertz CT molecular complexity index is 206. The van der Waals surface area contributed by atoms with Crippen molar-refractivity contribution in [2.24, 2.45) is 5.73 Å². The summed E-state index contributed by atoms with van der Waals surface area (Å²) in [5.74, 6) is 0.306. The molecule has 0 bridgehead atoms. The Kier molecular flexibility index (Phi) is 5.75. The van der Waals surface area contributed by atoms with Gasteiger partial charge in [-0.3, -0.25) is 0 Å². The fourth-order valence-electron chi connectivity index (χ4n) is 0.829. The van der Waals surface area contributed by atoms with Crippen molar-refractivity contribution in [3.8, 4) is 5.75 Å². The minimum absolute atomic E-state index is 0.306. The summed E-state index contributed by atoms with van der Waals surface area (Å²) < 4.78 is 0. The predicted octanol–water partition coefficient (Wildman–Crippen LogP) is 1.70. The van der Waals surface area contributed by atoms with Crippen LogP contribution in [0.2, 0.25) is 0 Å². The van der Waals surface area contributed by atoms with Crippen molar-refractivity contribution in [2.45, 2.75) is 6.42 Å². The normalized spacial score (nSPS) is 8.42. The smallest absolute Gasteiger partial charge is 0.115 e. The maximum atomic E-state index is 8.89. The highest BCUT2D eigenvalue weighted by atomic mass is 16.3. The molecule has 66 valence electrons. The zero-order valence-corrected chi connectivity index (χ0v) is 7.16. The Morgan fingerprint density at radius 2 is 1.67 bits per heavy atom. The maximum absolute atomic E-state index is 8.89. The first-order valence-electron chi connectivity index (χ1n) is 3.81. The molecular weight excluding hydrogens is 150 g/mol. The molecule has 0 fully saturated rings. The molecule has 0 aromatic heterocycles. The molecular formula is C10H15NO. The van der Waals surface area contributed by atoms with Gasteiger partial charge in [0.25, 0.3) is 0 Å². The topological polar surface area (TPSA) is 46.2 Å². The van der Waals surface area contributed by atoms with Gasteiger partial charge in [-0.15, -0.1) is 13.2 Å². The van der Waals surface area contributed by atoms with Crippen molar-refractivity contribution >= 4 is 0 Å². The fraction of sp³-hybridized carbons (Fsp3) is 0.200. The van der Waals surface area contributed by atoms with E-state index in [1.807, 2.05) is 12.1 Å². The van der Waals surface area contributed by atoms with Crippen molar-refractivity contribution in [3.05, 3.63) is 43.0 Å². The van der Waals surface area contributed by atoms with Gasteiger partial charge in [-0.1, -0.05) is 12.1 Å². The number of nitrogens with two attached hydrogens (primary N) is 1. The van der Waals surface area contributed by atoms with Crippen LogP contribution in [0.25, 0.3) is 0 Å². The highest BCUT2D eigenvalue weighted by Crippen LogP contribution is 2.09. The highest BCUT2D eigenvalue weighted by molar-refractivity contribution is 5.25. The van der Waals surface area contributed by atoms with Gasteiger partial charge < -0.3 is 10.8 Å². The van der Waals surface area contributed by atoms with Crippen LogP contribution in [0, 0.1) is 0 Å². The minimum Gasteiger partial charge on any atom is -0.508 e. The minimum atomic E-state index is 0.306. The quantitative estimate of drug-likeness (QED) is 0.655. The van der Waals surface area contributed by atoms with E-state index < -0.39 is 0 Å². The van der Waals surface area contributed by atoms with Crippen LogP contribution in [0.4, 0.5) is 0 Å². The Balaban J connectivity index is 0.000000561. The van der Waals surface area contributed by atoms with Crippen LogP contribution in [0.1, 0.15) is 5.56 Å². The van der Waals surface area contributed by atoms with E-state index in [4.69, 9.17) is 10.8 Å². The summed E-state index contributed by atoms with van der Waals surface area (Å²) in [5.41, 5.74) is 6.50. The van der Waals surface area contributed by atoms with Crippen LogP contribution < -0.4 is 5.73 Å². The largest absolute Gasteiger partial charge is 0.508 e. The molecule has 0 amide bonds. The number of aromatic hydroxyl groups is 1. The van der Waals surface area contributed by atoms with E-state index in [0.29, 0.717) is 12.3 Å². The molecule has 1 aromatic carbocycles. The van der Waals surface area contributed by atoms with Gasteiger partial charge in [0.15, 0.2) is 0 Å². The summed E-state index contributed by atoms with van der Waals surface area (Å²) in [7, 11) is 0. The molecule has 0 aliphatic rings. The second kappa shape index (κ2) is 6.43.